The number of fused-ring (bicyclic) bond motifs is 1. The maximum absolute atomic E-state index is 10.2. The van der Waals surface area contributed by atoms with Crippen molar-refractivity contribution < 1.29 is 9.84 Å². The fourth-order valence-electron chi connectivity index (χ4n) is 5.90. The monoisotopic (exact) mass is 421 g/mol. The minimum atomic E-state index is 0.242. The lowest BCUT2D eigenvalue weighted by molar-refractivity contribution is -0.0677. The van der Waals surface area contributed by atoms with Gasteiger partial charge in [0.15, 0.2) is 0 Å². The molecule has 5 heteroatoms. The van der Waals surface area contributed by atoms with Crippen molar-refractivity contribution in [2.45, 2.75) is 43.7 Å². The van der Waals surface area contributed by atoms with Crippen LogP contribution in [0.15, 0.2) is 48.8 Å². The van der Waals surface area contributed by atoms with Crippen LogP contribution in [0.3, 0.4) is 0 Å². The van der Waals surface area contributed by atoms with Gasteiger partial charge in [-0.2, -0.15) is 0 Å². The Kier molecular flexibility index (Phi) is 6.65. The fourth-order valence-corrected chi connectivity index (χ4v) is 5.90. The number of aliphatic hydroxyl groups excluding tert-OH is 1. The van der Waals surface area contributed by atoms with E-state index < -0.39 is 0 Å². The molecule has 4 heterocycles. The summed E-state index contributed by atoms with van der Waals surface area (Å²) in [4.78, 5) is 9.53. The van der Waals surface area contributed by atoms with Gasteiger partial charge in [0.05, 0.1) is 6.61 Å². The van der Waals surface area contributed by atoms with Crippen LogP contribution in [0.4, 0.5) is 0 Å². The number of pyridine rings is 1. The van der Waals surface area contributed by atoms with Crippen LogP contribution in [0, 0.1) is 5.92 Å². The van der Waals surface area contributed by atoms with E-state index in [-0.39, 0.29) is 12.6 Å². The summed E-state index contributed by atoms with van der Waals surface area (Å²) in [5.41, 5.74) is 3.71. The Morgan fingerprint density at radius 2 is 1.81 bits per heavy atom. The van der Waals surface area contributed by atoms with Crippen molar-refractivity contribution in [3.63, 3.8) is 0 Å². The topological polar surface area (TPSA) is 48.8 Å². The van der Waals surface area contributed by atoms with Gasteiger partial charge in [0, 0.05) is 56.7 Å². The van der Waals surface area contributed by atoms with Crippen molar-refractivity contribution in [2.24, 2.45) is 5.92 Å². The van der Waals surface area contributed by atoms with Gasteiger partial charge in [0.25, 0.3) is 0 Å². The highest BCUT2D eigenvalue weighted by molar-refractivity contribution is 5.62. The molecule has 1 aromatic heterocycles. The van der Waals surface area contributed by atoms with Gasteiger partial charge >= 0.3 is 0 Å². The molecule has 0 unspecified atom stereocenters. The summed E-state index contributed by atoms with van der Waals surface area (Å²) in [6.45, 7) is 6.72. The van der Waals surface area contributed by atoms with E-state index in [1.54, 1.807) is 0 Å². The number of hydrogen-bond donors (Lipinski definition) is 1. The maximum atomic E-state index is 10.2. The van der Waals surface area contributed by atoms with E-state index in [0.29, 0.717) is 12.0 Å². The van der Waals surface area contributed by atoms with E-state index in [4.69, 9.17) is 4.74 Å². The third kappa shape index (κ3) is 4.56. The van der Waals surface area contributed by atoms with Crippen LogP contribution in [-0.2, 0) is 4.74 Å². The quantitative estimate of drug-likeness (QED) is 0.802. The Morgan fingerprint density at radius 1 is 1.00 bits per heavy atom. The molecule has 3 atom stereocenters. The summed E-state index contributed by atoms with van der Waals surface area (Å²) in [5.74, 6) is 1.18. The summed E-state index contributed by atoms with van der Waals surface area (Å²) in [6, 6.07) is 13.8. The molecular formula is C26H35N3O2. The van der Waals surface area contributed by atoms with E-state index in [0.717, 1.165) is 37.8 Å². The molecule has 31 heavy (non-hydrogen) atoms. The number of aromatic nitrogens is 1. The van der Waals surface area contributed by atoms with Crippen LogP contribution in [0.5, 0.6) is 0 Å². The van der Waals surface area contributed by atoms with Crippen LogP contribution in [-0.4, -0.2) is 78.0 Å². The van der Waals surface area contributed by atoms with E-state index >= 15 is 0 Å². The Bertz CT molecular complexity index is 822. The molecule has 0 aliphatic carbocycles. The van der Waals surface area contributed by atoms with E-state index in [1.165, 1.54) is 49.9 Å². The van der Waals surface area contributed by atoms with Crippen molar-refractivity contribution in [2.75, 3.05) is 46.0 Å². The van der Waals surface area contributed by atoms with Gasteiger partial charge in [-0.15, -0.1) is 0 Å². The van der Waals surface area contributed by atoms with Gasteiger partial charge < -0.3 is 14.7 Å². The Morgan fingerprint density at radius 3 is 2.55 bits per heavy atom. The minimum Gasteiger partial charge on any atom is -0.395 e. The first-order valence-corrected chi connectivity index (χ1v) is 12.0. The SMILES string of the molecule is OC[C@H]1[C@@H](c2ccc(-c3cccnc3)cc2)[C@H]2CN(CC3CCOCC3)CCCCN21. The molecule has 1 aromatic carbocycles. The van der Waals surface area contributed by atoms with E-state index in [1.807, 2.05) is 18.5 Å². The third-order valence-electron chi connectivity index (χ3n) is 7.60. The lowest BCUT2D eigenvalue weighted by Crippen LogP contribution is -2.67. The van der Waals surface area contributed by atoms with Crippen molar-refractivity contribution >= 4 is 0 Å². The standard InChI is InChI=1S/C26H35N3O2/c30-19-25-26(22-7-5-21(6-8-22)23-4-3-11-27-16-23)24-18-28(12-1-2-13-29(24)25)17-20-9-14-31-15-10-20/h3-8,11,16,20,24-26,30H,1-2,9-10,12-15,17-19H2/t24-,25+,26+/m1/s1. The molecule has 1 N–H and O–H groups in total. The predicted molar refractivity (Wildman–Crippen MR) is 123 cm³/mol. The first-order chi connectivity index (χ1) is 15.3. The highest BCUT2D eigenvalue weighted by atomic mass is 16.5. The first-order valence-electron chi connectivity index (χ1n) is 12.0. The number of ether oxygens (including phenoxy) is 1. The summed E-state index contributed by atoms with van der Waals surface area (Å²) in [6.07, 6.45) is 8.61. The van der Waals surface area contributed by atoms with Gasteiger partial charge in [-0.3, -0.25) is 9.88 Å². The molecule has 0 bridgehead atoms. The fraction of sp³-hybridized carbons (Fsp3) is 0.577. The summed E-state index contributed by atoms with van der Waals surface area (Å²) in [7, 11) is 0. The molecule has 0 saturated carbocycles. The summed E-state index contributed by atoms with van der Waals surface area (Å²) < 4.78 is 5.57. The summed E-state index contributed by atoms with van der Waals surface area (Å²) in [5, 5.41) is 10.2. The minimum absolute atomic E-state index is 0.242. The Hall–Kier alpha value is -1.79. The number of hydrogen-bond acceptors (Lipinski definition) is 5. The van der Waals surface area contributed by atoms with Crippen molar-refractivity contribution in [3.05, 3.63) is 54.4 Å². The largest absolute Gasteiger partial charge is 0.395 e. The van der Waals surface area contributed by atoms with Gasteiger partial charge in [-0.05, 0) is 67.4 Å². The van der Waals surface area contributed by atoms with Gasteiger partial charge in [0.2, 0.25) is 0 Å². The lowest BCUT2D eigenvalue weighted by atomic mass is 9.74. The molecule has 3 aliphatic rings. The Balaban J connectivity index is 1.32. The molecule has 5 nitrogen and oxygen atoms in total. The highest BCUT2D eigenvalue weighted by Crippen LogP contribution is 2.42. The molecule has 0 spiro atoms. The predicted octanol–water partition coefficient (Wildman–Crippen LogP) is 3.40. The third-order valence-corrected chi connectivity index (χ3v) is 7.60. The smallest absolute Gasteiger partial charge is 0.0593 e. The van der Waals surface area contributed by atoms with Gasteiger partial charge in [-0.25, -0.2) is 0 Å². The molecule has 166 valence electrons. The summed E-state index contributed by atoms with van der Waals surface area (Å²) >= 11 is 0. The molecule has 5 rings (SSSR count). The molecule has 0 amide bonds. The van der Waals surface area contributed by atoms with E-state index in [9.17, 15) is 5.11 Å². The van der Waals surface area contributed by atoms with Crippen LogP contribution in [0.1, 0.15) is 37.2 Å². The second kappa shape index (κ2) is 9.78. The van der Waals surface area contributed by atoms with Crippen LogP contribution in [0.25, 0.3) is 11.1 Å². The van der Waals surface area contributed by atoms with Gasteiger partial charge in [0.1, 0.15) is 0 Å². The van der Waals surface area contributed by atoms with Crippen molar-refractivity contribution in [3.8, 4) is 11.1 Å². The lowest BCUT2D eigenvalue weighted by Gasteiger charge is -2.57. The molecule has 3 aliphatic heterocycles. The number of nitrogens with zero attached hydrogens (tertiary/aromatic N) is 3. The van der Waals surface area contributed by atoms with Crippen LogP contribution >= 0.6 is 0 Å². The van der Waals surface area contributed by atoms with E-state index in [2.05, 4.69) is 45.1 Å². The average Bonchev–Trinajstić information content (AvgIpc) is 2.81. The van der Waals surface area contributed by atoms with Crippen LogP contribution in [0.2, 0.25) is 0 Å². The molecular weight excluding hydrogens is 386 g/mol. The average molecular weight is 422 g/mol. The molecule has 2 aromatic rings. The molecule has 3 saturated heterocycles. The maximum Gasteiger partial charge on any atom is 0.0593 e. The Labute approximate surface area is 186 Å². The second-order valence-corrected chi connectivity index (χ2v) is 9.47. The van der Waals surface area contributed by atoms with Crippen molar-refractivity contribution in [1.29, 1.82) is 0 Å². The zero-order valence-corrected chi connectivity index (χ0v) is 18.4. The highest BCUT2D eigenvalue weighted by Gasteiger charge is 2.49. The zero-order valence-electron chi connectivity index (χ0n) is 18.4. The molecule has 3 fully saturated rings. The number of rotatable bonds is 5. The number of aliphatic hydroxyl groups is 1. The first kappa shape index (κ1) is 21.1. The number of benzene rings is 1. The van der Waals surface area contributed by atoms with Gasteiger partial charge in [-0.1, -0.05) is 30.3 Å². The second-order valence-electron chi connectivity index (χ2n) is 9.47. The van der Waals surface area contributed by atoms with Crippen LogP contribution < -0.4 is 0 Å². The zero-order chi connectivity index (χ0) is 21.0. The normalized spacial score (nSPS) is 28.4. The molecule has 0 radical (unpaired) electrons. The van der Waals surface area contributed by atoms with Crippen molar-refractivity contribution in [1.82, 2.24) is 14.8 Å².